The van der Waals surface area contributed by atoms with Crippen LogP contribution in [0.1, 0.15) is 32.6 Å². The van der Waals surface area contributed by atoms with Gasteiger partial charge in [0, 0.05) is 6.42 Å². The quantitative estimate of drug-likeness (QED) is 0.383. The van der Waals surface area contributed by atoms with Gasteiger partial charge in [0.1, 0.15) is 6.10 Å². The van der Waals surface area contributed by atoms with Crippen molar-refractivity contribution >= 4 is 26.0 Å². The molecule has 108 valence electrons. The van der Waals surface area contributed by atoms with Gasteiger partial charge in [0.05, 0.1) is 24.8 Å². The molecular weight excluding hydrogens is 324 g/mol. The summed E-state index contributed by atoms with van der Waals surface area (Å²) in [4.78, 5) is 0. The zero-order valence-electron chi connectivity index (χ0n) is 10.9. The number of rotatable bonds is 8. The molecule has 0 spiro atoms. The van der Waals surface area contributed by atoms with Crippen molar-refractivity contribution in [3.8, 4) is 0 Å². The smallest absolute Gasteiger partial charge is 0.264 e. The lowest BCUT2D eigenvalue weighted by Crippen LogP contribution is -2.33. The van der Waals surface area contributed by atoms with Crippen molar-refractivity contribution in [3.63, 3.8) is 0 Å². The van der Waals surface area contributed by atoms with Crippen LogP contribution in [0.3, 0.4) is 0 Å². The van der Waals surface area contributed by atoms with Crippen LogP contribution >= 0.6 is 15.9 Å². The SMILES string of the molecule is CCCCCC1(CBr)OC[C@@H](COS(C)(=O)=O)O1. The minimum Gasteiger partial charge on any atom is -0.346 e. The molecule has 0 N–H and O–H groups in total. The molecule has 0 bridgehead atoms. The van der Waals surface area contributed by atoms with E-state index in [0.717, 1.165) is 31.9 Å². The molecule has 0 amide bonds. The van der Waals surface area contributed by atoms with Crippen LogP contribution in [0.25, 0.3) is 0 Å². The van der Waals surface area contributed by atoms with E-state index in [1.807, 2.05) is 0 Å². The van der Waals surface area contributed by atoms with Gasteiger partial charge < -0.3 is 9.47 Å². The molecule has 0 radical (unpaired) electrons. The molecule has 5 nitrogen and oxygen atoms in total. The van der Waals surface area contributed by atoms with Gasteiger partial charge in [0.2, 0.25) is 0 Å². The Balaban J connectivity index is 2.40. The van der Waals surface area contributed by atoms with Crippen LogP contribution in [-0.4, -0.2) is 45.1 Å². The maximum atomic E-state index is 10.9. The summed E-state index contributed by atoms with van der Waals surface area (Å²) in [5.74, 6) is -0.624. The largest absolute Gasteiger partial charge is 0.346 e. The average molecular weight is 345 g/mol. The Morgan fingerprint density at radius 2 is 2.17 bits per heavy atom. The van der Waals surface area contributed by atoms with Crippen molar-refractivity contribution < 1.29 is 22.1 Å². The molecule has 1 heterocycles. The zero-order chi connectivity index (χ0) is 13.6. The fourth-order valence-corrected chi connectivity index (χ4v) is 2.78. The molecule has 1 rings (SSSR count). The highest BCUT2D eigenvalue weighted by molar-refractivity contribution is 9.09. The van der Waals surface area contributed by atoms with E-state index in [4.69, 9.17) is 13.7 Å². The molecule has 0 aromatic rings. The highest BCUT2D eigenvalue weighted by atomic mass is 79.9. The van der Waals surface area contributed by atoms with Gasteiger partial charge in [0.15, 0.2) is 5.79 Å². The maximum Gasteiger partial charge on any atom is 0.264 e. The Morgan fingerprint density at radius 3 is 2.72 bits per heavy atom. The van der Waals surface area contributed by atoms with E-state index in [2.05, 4.69) is 22.9 Å². The van der Waals surface area contributed by atoms with Crippen molar-refractivity contribution in [2.45, 2.75) is 44.5 Å². The topological polar surface area (TPSA) is 61.8 Å². The predicted octanol–water partition coefficient (Wildman–Crippen LogP) is 2.05. The Morgan fingerprint density at radius 1 is 1.44 bits per heavy atom. The number of unbranched alkanes of at least 4 members (excludes halogenated alkanes) is 2. The van der Waals surface area contributed by atoms with E-state index in [1.165, 1.54) is 0 Å². The van der Waals surface area contributed by atoms with Crippen LogP contribution in [0.4, 0.5) is 0 Å². The first-order valence-electron chi connectivity index (χ1n) is 6.13. The van der Waals surface area contributed by atoms with E-state index < -0.39 is 15.9 Å². The van der Waals surface area contributed by atoms with E-state index >= 15 is 0 Å². The summed E-state index contributed by atoms with van der Waals surface area (Å²) in [6, 6.07) is 0. The molecule has 1 saturated heterocycles. The zero-order valence-corrected chi connectivity index (χ0v) is 13.3. The van der Waals surface area contributed by atoms with Crippen molar-refractivity contribution in [3.05, 3.63) is 0 Å². The molecule has 0 aromatic heterocycles. The maximum absolute atomic E-state index is 10.9. The Bertz CT molecular complexity index is 345. The normalized spacial score (nSPS) is 28.7. The second kappa shape index (κ2) is 7.19. The van der Waals surface area contributed by atoms with Crippen LogP contribution in [0.5, 0.6) is 0 Å². The summed E-state index contributed by atoms with van der Waals surface area (Å²) >= 11 is 3.39. The van der Waals surface area contributed by atoms with E-state index in [1.54, 1.807) is 0 Å². The van der Waals surface area contributed by atoms with E-state index in [-0.39, 0.29) is 12.7 Å². The molecule has 1 aliphatic rings. The monoisotopic (exact) mass is 344 g/mol. The summed E-state index contributed by atoms with van der Waals surface area (Å²) in [5, 5.41) is 0.582. The van der Waals surface area contributed by atoms with Crippen LogP contribution in [0, 0.1) is 0 Å². The fourth-order valence-electron chi connectivity index (χ4n) is 1.81. The highest BCUT2D eigenvalue weighted by Crippen LogP contribution is 2.31. The lowest BCUT2D eigenvalue weighted by molar-refractivity contribution is -0.156. The molecule has 0 aliphatic carbocycles. The van der Waals surface area contributed by atoms with E-state index in [0.29, 0.717) is 11.9 Å². The third-order valence-electron chi connectivity index (χ3n) is 2.75. The second-order valence-electron chi connectivity index (χ2n) is 4.54. The van der Waals surface area contributed by atoms with Gasteiger partial charge in [-0.25, -0.2) is 0 Å². The first-order valence-corrected chi connectivity index (χ1v) is 9.07. The minimum absolute atomic E-state index is 0.0152. The summed E-state index contributed by atoms with van der Waals surface area (Å²) in [6.07, 6.45) is 4.81. The van der Waals surface area contributed by atoms with Crippen molar-refractivity contribution in [2.24, 2.45) is 0 Å². The first-order chi connectivity index (χ1) is 8.41. The van der Waals surface area contributed by atoms with Gasteiger partial charge in [0.25, 0.3) is 10.1 Å². The molecule has 0 aromatic carbocycles. The van der Waals surface area contributed by atoms with Crippen molar-refractivity contribution in [1.29, 1.82) is 0 Å². The number of alkyl halides is 1. The Hall–Kier alpha value is 0.310. The number of halogens is 1. The fraction of sp³-hybridized carbons (Fsp3) is 1.00. The average Bonchev–Trinajstić information content (AvgIpc) is 2.71. The van der Waals surface area contributed by atoms with Gasteiger partial charge in [-0.3, -0.25) is 4.18 Å². The molecular formula is C11H21BrO5S. The summed E-state index contributed by atoms with van der Waals surface area (Å²) in [7, 11) is -3.42. The number of hydrogen-bond donors (Lipinski definition) is 0. The summed E-state index contributed by atoms with van der Waals surface area (Å²) in [6.45, 7) is 2.52. The standard InChI is InChI=1S/C11H21BrO5S/c1-3-4-5-6-11(9-12)15-7-10(17-11)8-16-18(2,13)14/h10H,3-9H2,1-2H3/t10-,11?/m0/s1. The van der Waals surface area contributed by atoms with Crippen molar-refractivity contribution in [2.75, 3.05) is 24.8 Å². The van der Waals surface area contributed by atoms with Crippen LogP contribution in [0.2, 0.25) is 0 Å². The molecule has 7 heteroatoms. The first kappa shape index (κ1) is 16.4. The van der Waals surface area contributed by atoms with Gasteiger partial charge >= 0.3 is 0 Å². The molecule has 1 unspecified atom stereocenters. The predicted molar refractivity (Wildman–Crippen MR) is 72.3 cm³/mol. The van der Waals surface area contributed by atoms with Gasteiger partial charge in [-0.15, -0.1) is 0 Å². The third-order valence-corrected chi connectivity index (χ3v) is 4.17. The molecule has 0 saturated carbocycles. The molecule has 1 fully saturated rings. The van der Waals surface area contributed by atoms with Gasteiger partial charge in [-0.05, 0) is 6.42 Å². The number of hydrogen-bond acceptors (Lipinski definition) is 5. The van der Waals surface area contributed by atoms with E-state index in [9.17, 15) is 8.42 Å². The van der Waals surface area contributed by atoms with Crippen LogP contribution in [-0.2, 0) is 23.8 Å². The lowest BCUT2D eigenvalue weighted by atomic mass is 10.1. The molecule has 2 atom stereocenters. The van der Waals surface area contributed by atoms with Crippen LogP contribution < -0.4 is 0 Å². The van der Waals surface area contributed by atoms with Gasteiger partial charge in [-0.2, -0.15) is 8.42 Å². The van der Waals surface area contributed by atoms with Crippen LogP contribution in [0.15, 0.2) is 0 Å². The van der Waals surface area contributed by atoms with Gasteiger partial charge in [-0.1, -0.05) is 35.7 Å². The summed E-state index contributed by atoms with van der Waals surface area (Å²) < 4.78 is 38.0. The second-order valence-corrected chi connectivity index (χ2v) is 6.75. The minimum atomic E-state index is -3.42. The highest BCUT2D eigenvalue weighted by Gasteiger charge is 2.40. The Kier molecular flexibility index (Phi) is 6.54. The third kappa shape index (κ3) is 5.52. The summed E-state index contributed by atoms with van der Waals surface area (Å²) in [5.41, 5.74) is 0. The number of ether oxygens (including phenoxy) is 2. The Labute approximate surface area is 117 Å². The lowest BCUT2D eigenvalue weighted by Gasteiger charge is -2.25. The van der Waals surface area contributed by atoms with Crippen molar-refractivity contribution in [1.82, 2.24) is 0 Å². The molecule has 18 heavy (non-hydrogen) atoms. The molecule has 1 aliphatic heterocycles.